The molecule has 0 radical (unpaired) electrons. The highest BCUT2D eigenvalue weighted by atomic mass is 16.3. The van der Waals surface area contributed by atoms with Crippen molar-refractivity contribution in [2.24, 2.45) is 0 Å². The van der Waals surface area contributed by atoms with Gasteiger partial charge in [0.15, 0.2) is 0 Å². The monoisotopic (exact) mass is 222 g/mol. The molecule has 88 valence electrons. The fourth-order valence-electron chi connectivity index (χ4n) is 1.73. The molecule has 0 amide bonds. The molecule has 0 bridgehead atoms. The lowest BCUT2D eigenvalue weighted by atomic mass is 10.3. The van der Waals surface area contributed by atoms with Crippen LogP contribution in [0.5, 0.6) is 0 Å². The minimum Gasteiger partial charge on any atom is -0.395 e. The molecule has 0 unspecified atom stereocenters. The van der Waals surface area contributed by atoms with Gasteiger partial charge in [0, 0.05) is 37.1 Å². The normalized spacial score (nSPS) is 15.1. The number of aliphatic hydroxyl groups is 1. The Kier molecular flexibility index (Phi) is 3.69. The van der Waals surface area contributed by atoms with Crippen molar-refractivity contribution < 1.29 is 5.11 Å². The summed E-state index contributed by atoms with van der Waals surface area (Å²) in [5.41, 5.74) is 1.07. The summed E-state index contributed by atoms with van der Waals surface area (Å²) in [4.78, 5) is 10.8. The number of nitrogens with one attached hydrogen (secondary N) is 1. The van der Waals surface area contributed by atoms with Gasteiger partial charge in [0.05, 0.1) is 6.61 Å². The highest BCUT2D eigenvalue weighted by molar-refractivity contribution is 5.34. The third-order valence-corrected chi connectivity index (χ3v) is 2.66. The van der Waals surface area contributed by atoms with Crippen molar-refractivity contribution in [3.8, 4) is 0 Å². The van der Waals surface area contributed by atoms with E-state index in [0.717, 1.165) is 18.1 Å². The van der Waals surface area contributed by atoms with Crippen LogP contribution in [0, 0.1) is 0 Å². The van der Waals surface area contributed by atoms with Crippen LogP contribution in [0.1, 0.15) is 18.4 Å². The molecule has 0 aromatic carbocycles. The molecule has 16 heavy (non-hydrogen) atoms. The van der Waals surface area contributed by atoms with Crippen molar-refractivity contribution in [1.29, 1.82) is 0 Å². The Morgan fingerprint density at radius 2 is 2.12 bits per heavy atom. The molecule has 5 heteroatoms. The second-order valence-electron chi connectivity index (χ2n) is 4.07. The fraction of sp³-hybridized carbons (Fsp3) is 0.636. The SMILES string of the molecule is CNCc1cnc(N(CCO)C2CC2)nc1. The summed E-state index contributed by atoms with van der Waals surface area (Å²) in [7, 11) is 1.90. The molecule has 0 spiro atoms. The second-order valence-corrected chi connectivity index (χ2v) is 4.07. The van der Waals surface area contributed by atoms with Crippen LogP contribution in [0.2, 0.25) is 0 Å². The summed E-state index contributed by atoms with van der Waals surface area (Å²) in [6.45, 7) is 1.55. The number of aliphatic hydroxyl groups excluding tert-OH is 1. The Labute approximate surface area is 95.5 Å². The van der Waals surface area contributed by atoms with Crippen LogP contribution < -0.4 is 10.2 Å². The van der Waals surface area contributed by atoms with Crippen LogP contribution in [-0.4, -0.2) is 41.3 Å². The molecule has 0 saturated heterocycles. The van der Waals surface area contributed by atoms with Crippen LogP contribution in [0.25, 0.3) is 0 Å². The van der Waals surface area contributed by atoms with Gasteiger partial charge < -0.3 is 15.3 Å². The maximum atomic E-state index is 9.01. The fourth-order valence-corrected chi connectivity index (χ4v) is 1.73. The molecule has 2 rings (SSSR count). The average Bonchev–Trinajstić information content (AvgIpc) is 3.12. The Morgan fingerprint density at radius 1 is 1.44 bits per heavy atom. The first-order valence-corrected chi connectivity index (χ1v) is 5.68. The Bertz CT molecular complexity index is 323. The molecule has 0 atom stereocenters. The smallest absolute Gasteiger partial charge is 0.225 e. The first-order valence-electron chi connectivity index (χ1n) is 5.68. The molecule has 1 aromatic heterocycles. The average molecular weight is 222 g/mol. The summed E-state index contributed by atoms with van der Waals surface area (Å²) in [6.07, 6.45) is 6.04. The standard InChI is InChI=1S/C11H18N4O/c1-12-6-9-7-13-11(14-8-9)15(4-5-16)10-2-3-10/h7-8,10,12,16H,2-6H2,1H3. The zero-order valence-electron chi connectivity index (χ0n) is 9.56. The summed E-state index contributed by atoms with van der Waals surface area (Å²) >= 11 is 0. The summed E-state index contributed by atoms with van der Waals surface area (Å²) in [5.74, 6) is 0.733. The van der Waals surface area contributed by atoms with E-state index in [2.05, 4.69) is 20.2 Å². The van der Waals surface area contributed by atoms with E-state index in [1.54, 1.807) is 0 Å². The zero-order valence-corrected chi connectivity index (χ0v) is 9.56. The minimum absolute atomic E-state index is 0.151. The zero-order chi connectivity index (χ0) is 11.4. The third kappa shape index (κ3) is 2.68. The predicted octanol–water partition coefficient (Wildman–Crippen LogP) is 0.157. The van der Waals surface area contributed by atoms with Crippen LogP contribution in [0.3, 0.4) is 0 Å². The van der Waals surface area contributed by atoms with Gasteiger partial charge in [-0.25, -0.2) is 9.97 Å². The van der Waals surface area contributed by atoms with E-state index in [4.69, 9.17) is 5.11 Å². The predicted molar refractivity (Wildman–Crippen MR) is 62.2 cm³/mol. The lowest BCUT2D eigenvalue weighted by Crippen LogP contribution is -2.30. The van der Waals surface area contributed by atoms with E-state index < -0.39 is 0 Å². The van der Waals surface area contributed by atoms with Crippen molar-refractivity contribution in [2.75, 3.05) is 25.1 Å². The minimum atomic E-state index is 0.151. The summed E-state index contributed by atoms with van der Waals surface area (Å²) in [5, 5.41) is 12.1. The van der Waals surface area contributed by atoms with E-state index in [-0.39, 0.29) is 6.61 Å². The molecular formula is C11H18N4O. The molecule has 1 aliphatic carbocycles. The van der Waals surface area contributed by atoms with Crippen molar-refractivity contribution in [2.45, 2.75) is 25.4 Å². The number of anilines is 1. The number of nitrogens with zero attached hydrogens (tertiary/aromatic N) is 3. The molecule has 1 heterocycles. The lowest BCUT2D eigenvalue weighted by molar-refractivity contribution is 0.300. The van der Waals surface area contributed by atoms with Gasteiger partial charge in [-0.05, 0) is 19.9 Å². The van der Waals surface area contributed by atoms with Gasteiger partial charge in [-0.15, -0.1) is 0 Å². The molecule has 1 aromatic rings. The largest absolute Gasteiger partial charge is 0.395 e. The molecule has 1 fully saturated rings. The van der Waals surface area contributed by atoms with Gasteiger partial charge in [-0.1, -0.05) is 0 Å². The first-order chi connectivity index (χ1) is 7.85. The van der Waals surface area contributed by atoms with Gasteiger partial charge in [-0.2, -0.15) is 0 Å². The molecule has 2 N–H and O–H groups in total. The van der Waals surface area contributed by atoms with E-state index in [1.807, 2.05) is 19.4 Å². The molecule has 5 nitrogen and oxygen atoms in total. The van der Waals surface area contributed by atoms with Gasteiger partial charge in [-0.3, -0.25) is 0 Å². The van der Waals surface area contributed by atoms with E-state index >= 15 is 0 Å². The number of rotatable bonds is 6. The summed E-state index contributed by atoms with van der Waals surface area (Å²) < 4.78 is 0. The number of aromatic nitrogens is 2. The quantitative estimate of drug-likeness (QED) is 0.718. The molecular weight excluding hydrogens is 204 g/mol. The Balaban J connectivity index is 2.05. The van der Waals surface area contributed by atoms with Crippen molar-refractivity contribution >= 4 is 5.95 Å². The number of hydrogen-bond donors (Lipinski definition) is 2. The molecule has 0 aliphatic heterocycles. The highest BCUT2D eigenvalue weighted by Crippen LogP contribution is 2.29. The number of hydrogen-bond acceptors (Lipinski definition) is 5. The maximum Gasteiger partial charge on any atom is 0.225 e. The van der Waals surface area contributed by atoms with E-state index in [0.29, 0.717) is 12.6 Å². The summed E-state index contributed by atoms with van der Waals surface area (Å²) in [6, 6.07) is 0.530. The highest BCUT2D eigenvalue weighted by Gasteiger charge is 2.30. The Hall–Kier alpha value is -1.20. The third-order valence-electron chi connectivity index (χ3n) is 2.66. The topological polar surface area (TPSA) is 61.3 Å². The second kappa shape index (κ2) is 5.23. The van der Waals surface area contributed by atoms with Crippen LogP contribution in [-0.2, 0) is 6.54 Å². The van der Waals surface area contributed by atoms with E-state index in [1.165, 1.54) is 12.8 Å². The lowest BCUT2D eigenvalue weighted by Gasteiger charge is -2.20. The van der Waals surface area contributed by atoms with Crippen LogP contribution >= 0.6 is 0 Å². The van der Waals surface area contributed by atoms with Gasteiger partial charge >= 0.3 is 0 Å². The van der Waals surface area contributed by atoms with Crippen molar-refractivity contribution in [1.82, 2.24) is 15.3 Å². The maximum absolute atomic E-state index is 9.01. The molecule has 1 aliphatic rings. The van der Waals surface area contributed by atoms with Crippen LogP contribution in [0.4, 0.5) is 5.95 Å². The van der Waals surface area contributed by atoms with Crippen molar-refractivity contribution in [3.63, 3.8) is 0 Å². The van der Waals surface area contributed by atoms with Gasteiger partial charge in [0.2, 0.25) is 5.95 Å². The van der Waals surface area contributed by atoms with Gasteiger partial charge in [0.25, 0.3) is 0 Å². The van der Waals surface area contributed by atoms with Gasteiger partial charge in [0.1, 0.15) is 0 Å². The van der Waals surface area contributed by atoms with Crippen molar-refractivity contribution in [3.05, 3.63) is 18.0 Å². The van der Waals surface area contributed by atoms with E-state index in [9.17, 15) is 0 Å². The Morgan fingerprint density at radius 3 is 2.62 bits per heavy atom. The molecule has 1 saturated carbocycles. The first kappa shape index (κ1) is 11.3. The van der Waals surface area contributed by atoms with Crippen LogP contribution in [0.15, 0.2) is 12.4 Å².